The van der Waals surface area contributed by atoms with Gasteiger partial charge >= 0.3 is 0 Å². The lowest BCUT2D eigenvalue weighted by Crippen LogP contribution is -2.27. The molecule has 0 saturated heterocycles. The highest BCUT2D eigenvalue weighted by atomic mass is 15.4. The summed E-state index contributed by atoms with van der Waals surface area (Å²) in [5, 5.41) is 8.76. The van der Waals surface area contributed by atoms with Crippen LogP contribution in [0, 0.1) is 11.3 Å². The highest BCUT2D eigenvalue weighted by Crippen LogP contribution is 2.36. The summed E-state index contributed by atoms with van der Waals surface area (Å²) in [6.45, 7) is 21.8. The molecule has 3 nitrogen and oxygen atoms in total. The van der Waals surface area contributed by atoms with Gasteiger partial charge in [0.05, 0.1) is 11.2 Å². The van der Waals surface area contributed by atoms with E-state index in [4.69, 9.17) is 0 Å². The Kier molecular flexibility index (Phi) is 4.83. The molecule has 20 heavy (non-hydrogen) atoms. The first-order chi connectivity index (χ1) is 8.95. The van der Waals surface area contributed by atoms with Crippen LogP contribution >= 0.6 is 0 Å². The van der Waals surface area contributed by atoms with Gasteiger partial charge in [0.15, 0.2) is 0 Å². The zero-order chi connectivity index (χ0) is 15.7. The van der Waals surface area contributed by atoms with Crippen molar-refractivity contribution in [3.05, 3.63) is 24.0 Å². The summed E-state index contributed by atoms with van der Waals surface area (Å²) in [7, 11) is 0. The van der Waals surface area contributed by atoms with Gasteiger partial charge < -0.3 is 0 Å². The van der Waals surface area contributed by atoms with Crippen LogP contribution in [0.4, 0.5) is 0 Å². The number of hydrogen-bond acceptors (Lipinski definition) is 2. The Labute approximate surface area is 124 Å². The molecule has 0 radical (unpaired) electrons. The molecule has 1 aromatic heterocycles. The lowest BCUT2D eigenvalue weighted by Gasteiger charge is -2.31. The van der Waals surface area contributed by atoms with E-state index in [2.05, 4.69) is 78.5 Å². The van der Waals surface area contributed by atoms with Crippen molar-refractivity contribution in [3.63, 3.8) is 0 Å². The fourth-order valence-electron chi connectivity index (χ4n) is 2.61. The summed E-state index contributed by atoms with van der Waals surface area (Å²) in [6.07, 6.45) is 3.02. The first-order valence-electron chi connectivity index (χ1n) is 7.52. The molecule has 1 heterocycles. The Morgan fingerprint density at radius 1 is 1.25 bits per heavy atom. The van der Waals surface area contributed by atoms with Crippen LogP contribution in [0.25, 0.3) is 0 Å². The molecule has 1 aromatic rings. The van der Waals surface area contributed by atoms with Gasteiger partial charge in [0.25, 0.3) is 0 Å². The molecule has 0 spiro atoms. The van der Waals surface area contributed by atoms with Crippen molar-refractivity contribution in [3.8, 4) is 0 Å². The van der Waals surface area contributed by atoms with Crippen molar-refractivity contribution >= 4 is 0 Å². The number of rotatable bonds is 5. The number of aromatic nitrogens is 3. The predicted molar refractivity (Wildman–Crippen MR) is 85.8 cm³/mol. The minimum atomic E-state index is -0.0677. The molecular formula is C17H31N3. The van der Waals surface area contributed by atoms with E-state index in [-0.39, 0.29) is 11.0 Å². The van der Waals surface area contributed by atoms with E-state index in [1.165, 1.54) is 5.57 Å². The third kappa shape index (κ3) is 3.94. The third-order valence-corrected chi connectivity index (χ3v) is 4.45. The summed E-state index contributed by atoms with van der Waals surface area (Å²) < 4.78 is 1.99. The predicted octanol–water partition coefficient (Wildman–Crippen LogP) is 4.77. The van der Waals surface area contributed by atoms with Gasteiger partial charge in [0.1, 0.15) is 0 Å². The van der Waals surface area contributed by atoms with Crippen molar-refractivity contribution in [1.29, 1.82) is 0 Å². The van der Waals surface area contributed by atoms with E-state index in [1.54, 1.807) is 0 Å². The molecule has 0 aromatic carbocycles. The van der Waals surface area contributed by atoms with E-state index in [0.717, 1.165) is 12.1 Å². The van der Waals surface area contributed by atoms with E-state index < -0.39 is 0 Å². The largest absolute Gasteiger partial charge is 0.246 e. The van der Waals surface area contributed by atoms with Crippen molar-refractivity contribution in [1.82, 2.24) is 15.0 Å². The van der Waals surface area contributed by atoms with Crippen LogP contribution in [0.3, 0.4) is 0 Å². The molecule has 0 saturated carbocycles. The maximum Gasteiger partial charge on any atom is 0.0858 e. The molecule has 1 rings (SSSR count). The molecule has 0 N–H and O–H groups in total. The third-order valence-electron chi connectivity index (χ3n) is 4.45. The fraction of sp³-hybridized carbons (Fsp3) is 0.765. The van der Waals surface area contributed by atoms with Crippen LogP contribution in [-0.2, 0) is 5.54 Å². The summed E-state index contributed by atoms with van der Waals surface area (Å²) in [4.78, 5) is 0. The first-order valence-corrected chi connectivity index (χ1v) is 7.52. The molecule has 0 aliphatic rings. The quantitative estimate of drug-likeness (QED) is 0.726. The van der Waals surface area contributed by atoms with Crippen molar-refractivity contribution in [2.24, 2.45) is 11.3 Å². The van der Waals surface area contributed by atoms with Crippen LogP contribution < -0.4 is 0 Å². The highest BCUT2D eigenvalue weighted by molar-refractivity contribution is 5.06. The van der Waals surface area contributed by atoms with Crippen LogP contribution in [0.15, 0.2) is 18.3 Å². The second-order valence-corrected chi connectivity index (χ2v) is 7.98. The number of nitrogens with zero attached hydrogens (tertiary/aromatic N) is 3. The minimum absolute atomic E-state index is 0.0677. The van der Waals surface area contributed by atoms with Gasteiger partial charge in [-0.05, 0) is 38.5 Å². The van der Waals surface area contributed by atoms with Crippen LogP contribution in [-0.4, -0.2) is 15.0 Å². The molecule has 2 atom stereocenters. The van der Waals surface area contributed by atoms with Gasteiger partial charge in [-0.15, -0.1) is 11.7 Å². The van der Waals surface area contributed by atoms with E-state index >= 15 is 0 Å². The Balaban J connectivity index is 2.95. The molecule has 0 aliphatic heterocycles. The van der Waals surface area contributed by atoms with Gasteiger partial charge in [0, 0.05) is 12.1 Å². The van der Waals surface area contributed by atoms with E-state index in [9.17, 15) is 0 Å². The Hall–Kier alpha value is -1.12. The molecule has 3 heteroatoms. The maximum absolute atomic E-state index is 4.41. The fourth-order valence-corrected chi connectivity index (χ4v) is 2.61. The smallest absolute Gasteiger partial charge is 0.0858 e. The Morgan fingerprint density at radius 3 is 2.25 bits per heavy atom. The highest BCUT2D eigenvalue weighted by Gasteiger charge is 2.29. The summed E-state index contributed by atoms with van der Waals surface area (Å²) in [6, 6.07) is 0. The zero-order valence-electron chi connectivity index (χ0n) is 14.5. The zero-order valence-corrected chi connectivity index (χ0v) is 14.5. The first kappa shape index (κ1) is 16.9. The molecule has 0 fully saturated rings. The average molecular weight is 277 g/mol. The van der Waals surface area contributed by atoms with Gasteiger partial charge in [-0.1, -0.05) is 45.4 Å². The monoisotopic (exact) mass is 277 g/mol. The van der Waals surface area contributed by atoms with E-state index in [1.807, 2.05) is 4.68 Å². The van der Waals surface area contributed by atoms with Gasteiger partial charge in [-0.25, -0.2) is 4.68 Å². The van der Waals surface area contributed by atoms with Crippen LogP contribution in [0.2, 0.25) is 0 Å². The average Bonchev–Trinajstić information content (AvgIpc) is 2.73. The van der Waals surface area contributed by atoms with Crippen LogP contribution in [0.5, 0.6) is 0 Å². The maximum atomic E-state index is 4.41. The van der Waals surface area contributed by atoms with Crippen LogP contribution in [0.1, 0.15) is 73.4 Å². The molecule has 0 aliphatic carbocycles. The molecular weight excluding hydrogens is 246 g/mol. The molecule has 0 bridgehead atoms. The number of hydrogen-bond donors (Lipinski definition) is 0. The van der Waals surface area contributed by atoms with Gasteiger partial charge in [-0.2, -0.15) is 0 Å². The summed E-state index contributed by atoms with van der Waals surface area (Å²) in [5.41, 5.74) is 2.46. The standard InChI is InChI=1S/C17H31N3/c1-12(2)10-17(8,9)20-11-15(18-19-20)13(3)14(4)16(5,6)7/h11,13-14H,1,10H2,2-9H3. The lowest BCUT2D eigenvalue weighted by atomic mass is 9.74. The topological polar surface area (TPSA) is 30.7 Å². The van der Waals surface area contributed by atoms with Crippen molar-refractivity contribution in [2.75, 3.05) is 0 Å². The van der Waals surface area contributed by atoms with Gasteiger partial charge in [-0.3, -0.25) is 0 Å². The summed E-state index contributed by atoms with van der Waals surface area (Å²) in [5.74, 6) is 0.960. The molecule has 2 unspecified atom stereocenters. The number of allylic oxidation sites excluding steroid dienone is 1. The van der Waals surface area contributed by atoms with Crippen molar-refractivity contribution < 1.29 is 0 Å². The second kappa shape index (κ2) is 5.71. The van der Waals surface area contributed by atoms with Crippen molar-refractivity contribution in [2.45, 2.75) is 73.3 Å². The Bertz CT molecular complexity index is 463. The van der Waals surface area contributed by atoms with E-state index in [0.29, 0.717) is 11.8 Å². The normalized spacial score (nSPS) is 16.0. The Morgan fingerprint density at radius 2 is 1.80 bits per heavy atom. The molecule has 114 valence electrons. The second-order valence-electron chi connectivity index (χ2n) is 7.98. The summed E-state index contributed by atoms with van der Waals surface area (Å²) >= 11 is 0. The molecule has 0 amide bonds. The SMILES string of the molecule is C=C(C)CC(C)(C)n1cc(C(C)C(C)C(C)(C)C)nn1. The van der Waals surface area contributed by atoms with Gasteiger partial charge in [0.2, 0.25) is 0 Å². The lowest BCUT2D eigenvalue weighted by molar-refractivity contribution is 0.226. The minimum Gasteiger partial charge on any atom is -0.246 e.